The van der Waals surface area contributed by atoms with E-state index in [0.29, 0.717) is 11.8 Å². The van der Waals surface area contributed by atoms with E-state index in [9.17, 15) is 19.5 Å². The first-order valence-corrected chi connectivity index (χ1v) is 6.84. The molecular formula is C16H18O5. The number of Topliss-reactive ketones (excluding diaryl/α,β-unsaturated/α-hetero) is 2. The Balaban J connectivity index is 3.00. The van der Waals surface area contributed by atoms with Gasteiger partial charge in [-0.1, -0.05) is 20.8 Å². The highest BCUT2D eigenvalue weighted by Crippen LogP contribution is 2.45. The van der Waals surface area contributed by atoms with Gasteiger partial charge in [0.15, 0.2) is 29.4 Å². The smallest absolute Gasteiger partial charge is 0.169 e. The quantitative estimate of drug-likeness (QED) is 0.866. The third kappa shape index (κ3) is 2.13. The zero-order valence-corrected chi connectivity index (χ0v) is 12.5. The highest BCUT2D eigenvalue weighted by molar-refractivity contribution is 6.19. The molecule has 0 radical (unpaired) electrons. The molecule has 5 nitrogen and oxygen atoms in total. The lowest BCUT2D eigenvalue weighted by atomic mass is 9.76. The van der Waals surface area contributed by atoms with Gasteiger partial charge in [-0.25, -0.2) is 0 Å². The van der Waals surface area contributed by atoms with Gasteiger partial charge in [0, 0.05) is 29.0 Å². The summed E-state index contributed by atoms with van der Waals surface area (Å²) in [4.78, 5) is 36.1. The summed E-state index contributed by atoms with van der Waals surface area (Å²) in [6.07, 6.45) is 0.456. The maximum absolute atomic E-state index is 12.5. The molecule has 1 aliphatic carbocycles. The minimum absolute atomic E-state index is 0.0371. The zero-order chi connectivity index (χ0) is 15.9. The number of fused-ring (bicyclic) bond motifs is 1. The monoisotopic (exact) mass is 290 g/mol. The van der Waals surface area contributed by atoms with Gasteiger partial charge in [0.2, 0.25) is 0 Å². The van der Waals surface area contributed by atoms with E-state index in [2.05, 4.69) is 0 Å². The standard InChI is InChI=1S/C16H18O5/c1-7(2)11-13-12(10(18)5-8(3)14(13)19)9(6-17)15(20)16(11)21-4/h6-8,20H,5H2,1-4H3. The molecule has 0 saturated carbocycles. The summed E-state index contributed by atoms with van der Waals surface area (Å²) in [6.45, 7) is 5.37. The Kier molecular flexibility index (Phi) is 3.85. The molecule has 0 fully saturated rings. The van der Waals surface area contributed by atoms with Crippen molar-refractivity contribution in [1.82, 2.24) is 0 Å². The molecule has 2 rings (SSSR count). The number of aromatic hydroxyl groups is 1. The Hall–Kier alpha value is -2.17. The average molecular weight is 290 g/mol. The number of methoxy groups -OCH3 is 1. The van der Waals surface area contributed by atoms with E-state index in [0.717, 1.165) is 0 Å². The first-order chi connectivity index (χ1) is 9.84. The number of phenols is 1. The Morgan fingerprint density at radius 2 is 1.90 bits per heavy atom. The summed E-state index contributed by atoms with van der Waals surface area (Å²) < 4.78 is 5.19. The normalized spacial score (nSPS) is 17.9. The van der Waals surface area contributed by atoms with Crippen LogP contribution in [0.25, 0.3) is 0 Å². The SMILES string of the molecule is COc1c(O)c(C=O)c2c(c1C(C)C)C(=O)C(C)CC2=O. The number of carbonyl (C=O) groups is 3. The summed E-state index contributed by atoms with van der Waals surface area (Å²) in [5.74, 6) is -1.32. The second-order valence-corrected chi connectivity index (χ2v) is 5.62. The largest absolute Gasteiger partial charge is 0.504 e. The molecule has 1 atom stereocenters. The fourth-order valence-electron chi connectivity index (χ4n) is 2.89. The highest BCUT2D eigenvalue weighted by Gasteiger charge is 2.38. The summed E-state index contributed by atoms with van der Waals surface area (Å²) in [7, 11) is 1.36. The summed E-state index contributed by atoms with van der Waals surface area (Å²) in [6, 6.07) is 0. The molecule has 0 bridgehead atoms. The number of ether oxygens (including phenoxy) is 1. The van der Waals surface area contributed by atoms with Crippen molar-refractivity contribution in [2.75, 3.05) is 7.11 Å². The van der Waals surface area contributed by atoms with Gasteiger partial charge >= 0.3 is 0 Å². The zero-order valence-electron chi connectivity index (χ0n) is 12.5. The molecule has 0 amide bonds. The molecule has 0 spiro atoms. The van der Waals surface area contributed by atoms with Crippen LogP contribution in [-0.2, 0) is 0 Å². The van der Waals surface area contributed by atoms with E-state index < -0.39 is 5.92 Å². The number of phenolic OH excluding ortho intramolecular Hbond substituents is 1. The molecule has 21 heavy (non-hydrogen) atoms. The number of benzene rings is 1. The van der Waals surface area contributed by atoms with Crippen LogP contribution < -0.4 is 4.74 Å². The van der Waals surface area contributed by atoms with Crippen LogP contribution in [0.4, 0.5) is 0 Å². The molecule has 5 heteroatoms. The van der Waals surface area contributed by atoms with Crippen molar-refractivity contribution in [2.45, 2.75) is 33.1 Å². The van der Waals surface area contributed by atoms with E-state index in [1.54, 1.807) is 6.92 Å². The first kappa shape index (κ1) is 15.2. The predicted molar refractivity (Wildman–Crippen MR) is 76.6 cm³/mol. The Labute approximate surface area is 122 Å². The second kappa shape index (κ2) is 5.31. The van der Waals surface area contributed by atoms with Crippen molar-refractivity contribution >= 4 is 17.9 Å². The van der Waals surface area contributed by atoms with E-state index in [4.69, 9.17) is 4.74 Å². The molecule has 0 heterocycles. The maximum Gasteiger partial charge on any atom is 0.169 e. The van der Waals surface area contributed by atoms with E-state index >= 15 is 0 Å². The summed E-state index contributed by atoms with van der Waals surface area (Å²) in [5.41, 5.74) is 0.595. The van der Waals surface area contributed by atoms with Crippen LogP contribution in [0, 0.1) is 5.92 Å². The van der Waals surface area contributed by atoms with Gasteiger partial charge in [-0.2, -0.15) is 0 Å². The van der Waals surface area contributed by atoms with E-state index in [1.165, 1.54) is 7.11 Å². The Morgan fingerprint density at radius 3 is 2.38 bits per heavy atom. The van der Waals surface area contributed by atoms with Crippen LogP contribution >= 0.6 is 0 Å². The van der Waals surface area contributed by atoms with Gasteiger partial charge < -0.3 is 9.84 Å². The topological polar surface area (TPSA) is 80.7 Å². The molecule has 112 valence electrons. The number of hydrogen-bond donors (Lipinski definition) is 1. The molecule has 0 aromatic heterocycles. The van der Waals surface area contributed by atoms with Crippen LogP contribution in [0.2, 0.25) is 0 Å². The number of rotatable bonds is 3. The van der Waals surface area contributed by atoms with Crippen molar-refractivity contribution in [3.05, 3.63) is 22.3 Å². The van der Waals surface area contributed by atoms with Crippen LogP contribution in [0.3, 0.4) is 0 Å². The van der Waals surface area contributed by atoms with Crippen LogP contribution in [0.15, 0.2) is 0 Å². The van der Waals surface area contributed by atoms with Crippen molar-refractivity contribution in [3.8, 4) is 11.5 Å². The van der Waals surface area contributed by atoms with Crippen LogP contribution in [-0.4, -0.2) is 30.1 Å². The molecule has 1 N–H and O–H groups in total. The fourth-order valence-corrected chi connectivity index (χ4v) is 2.89. The lowest BCUT2D eigenvalue weighted by molar-refractivity contribution is 0.0831. The van der Waals surface area contributed by atoms with Gasteiger partial charge in [0.1, 0.15) is 0 Å². The van der Waals surface area contributed by atoms with Gasteiger partial charge in [-0.3, -0.25) is 14.4 Å². The molecule has 0 saturated heterocycles. The van der Waals surface area contributed by atoms with Gasteiger partial charge in [-0.05, 0) is 5.92 Å². The second-order valence-electron chi connectivity index (χ2n) is 5.62. The van der Waals surface area contributed by atoms with Crippen LogP contribution in [0.5, 0.6) is 11.5 Å². The molecule has 1 unspecified atom stereocenters. The fraction of sp³-hybridized carbons (Fsp3) is 0.438. The Bertz CT molecular complexity index is 643. The molecule has 1 aromatic rings. The Morgan fingerprint density at radius 1 is 1.29 bits per heavy atom. The number of aldehydes is 1. The van der Waals surface area contributed by atoms with Crippen molar-refractivity contribution < 1.29 is 24.2 Å². The predicted octanol–water partition coefficient (Wildman–Crippen LogP) is 2.74. The van der Waals surface area contributed by atoms with E-state index in [1.807, 2.05) is 13.8 Å². The molecule has 0 aliphatic heterocycles. The number of ketones is 2. The lowest BCUT2D eigenvalue weighted by Crippen LogP contribution is -2.28. The summed E-state index contributed by atoms with van der Waals surface area (Å²) in [5, 5.41) is 10.2. The summed E-state index contributed by atoms with van der Waals surface area (Å²) >= 11 is 0. The molecular weight excluding hydrogens is 272 g/mol. The average Bonchev–Trinajstić information content (AvgIpc) is 2.43. The molecule has 1 aromatic carbocycles. The van der Waals surface area contributed by atoms with Gasteiger partial charge in [0.25, 0.3) is 0 Å². The maximum atomic E-state index is 12.5. The van der Waals surface area contributed by atoms with Crippen molar-refractivity contribution in [2.24, 2.45) is 5.92 Å². The number of hydrogen-bond acceptors (Lipinski definition) is 5. The highest BCUT2D eigenvalue weighted by atomic mass is 16.5. The van der Waals surface area contributed by atoms with Crippen molar-refractivity contribution in [1.29, 1.82) is 0 Å². The lowest BCUT2D eigenvalue weighted by Gasteiger charge is -2.27. The van der Waals surface area contributed by atoms with E-state index in [-0.39, 0.29) is 52.1 Å². The first-order valence-electron chi connectivity index (χ1n) is 6.84. The van der Waals surface area contributed by atoms with Gasteiger partial charge in [0.05, 0.1) is 12.7 Å². The minimum Gasteiger partial charge on any atom is -0.504 e. The van der Waals surface area contributed by atoms with Crippen LogP contribution in [0.1, 0.15) is 69.7 Å². The van der Waals surface area contributed by atoms with Crippen molar-refractivity contribution in [3.63, 3.8) is 0 Å². The molecule has 1 aliphatic rings. The third-order valence-corrected chi connectivity index (χ3v) is 3.87. The van der Waals surface area contributed by atoms with Gasteiger partial charge in [-0.15, -0.1) is 0 Å². The number of carbonyl (C=O) groups excluding carboxylic acids is 3. The third-order valence-electron chi connectivity index (χ3n) is 3.87. The minimum atomic E-state index is -0.434.